The fraction of sp³-hybridized carbons (Fsp3) is 0.250. The lowest BCUT2D eigenvalue weighted by molar-refractivity contribution is 0.102. The molecule has 1 aliphatic rings. The summed E-state index contributed by atoms with van der Waals surface area (Å²) < 4.78 is 14.3. The first kappa shape index (κ1) is 13.0. The summed E-state index contributed by atoms with van der Waals surface area (Å²) in [6.45, 7) is 1.50. The van der Waals surface area contributed by atoms with Crippen LogP contribution in [0.1, 0.15) is 35.0 Å². The molecule has 1 aromatic heterocycles. The second-order valence-electron chi connectivity index (χ2n) is 5.11. The maximum Gasteiger partial charge on any atom is 0.169 e. The third-order valence-electron chi connectivity index (χ3n) is 3.70. The lowest BCUT2D eigenvalue weighted by Gasteiger charge is -2.08. The Morgan fingerprint density at radius 3 is 2.60 bits per heavy atom. The normalized spacial score (nSPS) is 15.7. The van der Waals surface area contributed by atoms with Crippen molar-refractivity contribution in [2.45, 2.75) is 25.2 Å². The third kappa shape index (κ3) is 2.04. The summed E-state index contributed by atoms with van der Waals surface area (Å²) >= 11 is 1.29. The van der Waals surface area contributed by atoms with Crippen molar-refractivity contribution >= 4 is 17.1 Å². The van der Waals surface area contributed by atoms with Gasteiger partial charge in [-0.15, -0.1) is 11.3 Å². The summed E-state index contributed by atoms with van der Waals surface area (Å²) in [6.07, 6.45) is 1.60. The molecule has 0 amide bonds. The van der Waals surface area contributed by atoms with Crippen molar-refractivity contribution in [2.24, 2.45) is 0 Å². The van der Waals surface area contributed by atoms with Gasteiger partial charge >= 0.3 is 0 Å². The molecule has 20 heavy (non-hydrogen) atoms. The van der Waals surface area contributed by atoms with Crippen molar-refractivity contribution in [1.29, 1.82) is 5.26 Å². The average molecular weight is 285 g/mol. The first-order valence-corrected chi connectivity index (χ1v) is 7.20. The van der Waals surface area contributed by atoms with Gasteiger partial charge < -0.3 is 0 Å². The molecule has 1 aliphatic carbocycles. The molecule has 0 bridgehead atoms. The summed E-state index contributed by atoms with van der Waals surface area (Å²) in [5.74, 6) is -0.347. The number of nitrogens with zero attached hydrogens (tertiary/aromatic N) is 1. The highest BCUT2D eigenvalue weighted by atomic mass is 32.1. The van der Waals surface area contributed by atoms with Crippen LogP contribution in [0.3, 0.4) is 0 Å². The van der Waals surface area contributed by atoms with Crippen LogP contribution in [0.2, 0.25) is 0 Å². The van der Waals surface area contributed by atoms with Crippen LogP contribution in [0.5, 0.6) is 0 Å². The maximum absolute atomic E-state index is 14.3. The number of benzene rings is 1. The van der Waals surface area contributed by atoms with E-state index in [9.17, 15) is 9.18 Å². The van der Waals surface area contributed by atoms with Crippen LogP contribution in [0.25, 0.3) is 10.4 Å². The van der Waals surface area contributed by atoms with E-state index >= 15 is 0 Å². The van der Waals surface area contributed by atoms with Gasteiger partial charge in [-0.2, -0.15) is 5.26 Å². The molecule has 1 saturated carbocycles. The second-order valence-corrected chi connectivity index (χ2v) is 6.19. The van der Waals surface area contributed by atoms with E-state index in [1.807, 2.05) is 6.07 Å². The fourth-order valence-corrected chi connectivity index (χ4v) is 3.20. The minimum absolute atomic E-state index is 0.0142. The lowest BCUT2D eigenvalue weighted by atomic mass is 9.96. The smallest absolute Gasteiger partial charge is 0.169 e. The van der Waals surface area contributed by atoms with Gasteiger partial charge in [-0.25, -0.2) is 4.39 Å². The number of rotatable bonds is 3. The minimum atomic E-state index is -0.473. The first-order valence-electron chi connectivity index (χ1n) is 6.38. The number of Topliss-reactive ketones (excluding diaryl/α,β-unsaturated/α-hetero) is 1. The van der Waals surface area contributed by atoms with Gasteiger partial charge in [0.1, 0.15) is 5.82 Å². The van der Waals surface area contributed by atoms with Crippen LogP contribution < -0.4 is 0 Å². The summed E-state index contributed by atoms with van der Waals surface area (Å²) in [6, 6.07) is 10.7. The van der Waals surface area contributed by atoms with E-state index in [2.05, 4.69) is 6.07 Å². The highest BCUT2D eigenvalue weighted by Gasteiger charge is 2.45. The van der Waals surface area contributed by atoms with E-state index < -0.39 is 5.41 Å². The fourth-order valence-electron chi connectivity index (χ4n) is 2.27. The molecule has 0 atom stereocenters. The summed E-state index contributed by atoms with van der Waals surface area (Å²) in [5, 5.41) is 9.14. The van der Waals surface area contributed by atoms with Gasteiger partial charge in [0, 0.05) is 10.4 Å². The molecule has 0 aliphatic heterocycles. The first-order chi connectivity index (χ1) is 9.55. The topological polar surface area (TPSA) is 40.9 Å². The van der Waals surface area contributed by atoms with Crippen molar-refractivity contribution in [1.82, 2.24) is 0 Å². The van der Waals surface area contributed by atoms with Crippen molar-refractivity contribution in [3.63, 3.8) is 0 Å². The highest BCUT2D eigenvalue weighted by Crippen LogP contribution is 2.48. The van der Waals surface area contributed by atoms with E-state index in [-0.39, 0.29) is 11.6 Å². The van der Waals surface area contributed by atoms with Crippen LogP contribution in [0.15, 0.2) is 30.3 Å². The molecular weight excluding hydrogens is 273 g/mol. The van der Waals surface area contributed by atoms with Crippen molar-refractivity contribution in [3.8, 4) is 16.5 Å². The number of nitriles is 1. The summed E-state index contributed by atoms with van der Waals surface area (Å²) in [4.78, 5) is 12.6. The van der Waals surface area contributed by atoms with Crippen molar-refractivity contribution in [2.75, 3.05) is 0 Å². The standard InChI is InChI=1S/C16H12FNOS/c1-10(19)14-4-5-15(20-14)12-3-2-11(8-13(12)17)16(9-18)6-7-16/h2-5,8H,6-7H2,1H3. The highest BCUT2D eigenvalue weighted by molar-refractivity contribution is 7.17. The van der Waals surface area contributed by atoms with E-state index in [0.29, 0.717) is 10.4 Å². The summed E-state index contributed by atoms with van der Waals surface area (Å²) in [7, 11) is 0. The molecule has 4 heteroatoms. The number of hydrogen-bond acceptors (Lipinski definition) is 3. The Morgan fingerprint density at radius 1 is 1.35 bits per heavy atom. The van der Waals surface area contributed by atoms with Gasteiger partial charge in [-0.05, 0) is 43.5 Å². The molecule has 100 valence electrons. The maximum atomic E-state index is 14.3. The zero-order valence-corrected chi connectivity index (χ0v) is 11.8. The van der Waals surface area contributed by atoms with E-state index in [1.165, 1.54) is 24.3 Å². The molecule has 2 aromatic rings. The second kappa shape index (κ2) is 4.53. The third-order valence-corrected chi connectivity index (χ3v) is 4.92. The van der Waals surface area contributed by atoms with Crippen LogP contribution in [-0.4, -0.2) is 5.78 Å². The Bertz CT molecular complexity index is 737. The molecule has 0 spiro atoms. The van der Waals surface area contributed by atoms with Crippen LogP contribution >= 0.6 is 11.3 Å². The molecule has 2 nitrogen and oxygen atoms in total. The van der Waals surface area contributed by atoms with Crippen molar-refractivity contribution < 1.29 is 9.18 Å². The van der Waals surface area contributed by atoms with Gasteiger partial charge in [0.15, 0.2) is 5.78 Å². The Labute approximate surface area is 120 Å². The van der Waals surface area contributed by atoms with Crippen molar-refractivity contribution in [3.05, 3.63) is 46.6 Å². The molecule has 1 fully saturated rings. The zero-order valence-electron chi connectivity index (χ0n) is 10.9. The monoisotopic (exact) mass is 285 g/mol. The average Bonchev–Trinajstić information content (AvgIpc) is 3.08. The Balaban J connectivity index is 1.99. The van der Waals surface area contributed by atoms with Crippen LogP contribution in [0, 0.1) is 17.1 Å². The molecule has 0 unspecified atom stereocenters. The molecular formula is C16H12FNOS. The number of hydrogen-bond donors (Lipinski definition) is 0. The van der Waals surface area contributed by atoms with Crippen LogP contribution in [-0.2, 0) is 5.41 Å². The SMILES string of the molecule is CC(=O)c1ccc(-c2ccc(C3(C#N)CC3)cc2F)s1. The van der Waals surface area contributed by atoms with E-state index in [1.54, 1.807) is 18.2 Å². The minimum Gasteiger partial charge on any atom is -0.294 e. The molecule has 0 radical (unpaired) electrons. The van der Waals surface area contributed by atoms with E-state index in [4.69, 9.17) is 5.26 Å². The van der Waals surface area contributed by atoms with Gasteiger partial charge in [0.05, 0.1) is 16.4 Å². The number of thiophene rings is 1. The van der Waals surface area contributed by atoms with E-state index in [0.717, 1.165) is 23.3 Å². The molecule has 1 heterocycles. The zero-order chi connectivity index (χ0) is 14.3. The van der Waals surface area contributed by atoms with Crippen LogP contribution in [0.4, 0.5) is 4.39 Å². The Hall–Kier alpha value is -1.99. The predicted molar refractivity (Wildman–Crippen MR) is 76.2 cm³/mol. The quantitative estimate of drug-likeness (QED) is 0.788. The molecule has 1 aromatic carbocycles. The predicted octanol–water partition coefficient (Wildman–Crippen LogP) is 4.31. The summed E-state index contributed by atoms with van der Waals surface area (Å²) in [5.41, 5.74) is 0.768. The lowest BCUT2D eigenvalue weighted by Crippen LogP contribution is -2.03. The number of ketones is 1. The molecule has 0 saturated heterocycles. The van der Waals surface area contributed by atoms with Gasteiger partial charge in [-0.1, -0.05) is 12.1 Å². The van der Waals surface area contributed by atoms with Gasteiger partial charge in [-0.3, -0.25) is 4.79 Å². The number of carbonyl (C=O) groups excluding carboxylic acids is 1. The number of carbonyl (C=O) groups is 1. The molecule has 3 rings (SSSR count). The number of halogens is 1. The largest absolute Gasteiger partial charge is 0.294 e. The Kier molecular flexibility index (Phi) is 2.95. The Morgan fingerprint density at radius 2 is 2.10 bits per heavy atom. The molecule has 0 N–H and O–H groups in total. The van der Waals surface area contributed by atoms with Gasteiger partial charge in [0.2, 0.25) is 0 Å². The van der Waals surface area contributed by atoms with Gasteiger partial charge in [0.25, 0.3) is 0 Å².